The summed E-state index contributed by atoms with van der Waals surface area (Å²) in [4.78, 5) is 16.5. The van der Waals surface area contributed by atoms with Crippen LogP contribution in [0.3, 0.4) is 0 Å². The van der Waals surface area contributed by atoms with E-state index in [0.717, 1.165) is 0 Å². The van der Waals surface area contributed by atoms with Gasteiger partial charge in [0.05, 0.1) is 10.2 Å². The number of hydrogen-bond acceptors (Lipinski definition) is 6. The first kappa shape index (κ1) is 100. The predicted molar refractivity (Wildman–Crippen MR) is 50.0 cm³/mol. The molecule has 15 heavy (non-hydrogen) atoms. The van der Waals surface area contributed by atoms with E-state index < -0.39 is 10.2 Å². The second-order valence-electron chi connectivity index (χ2n) is 0.447. The standard InChI is InChI=1S/Cu.2NO3.6H2O/c;2*2-1(3)4;;;;;;/h;;;6*1H2/q+2;2*-1;;;;;;/p+6. The second kappa shape index (κ2) is 79.0. The van der Waals surface area contributed by atoms with Crippen molar-refractivity contribution in [3.8, 4) is 0 Å². The third kappa shape index (κ3) is 829. The monoisotopic (exact) mass is 301 g/mol. The predicted octanol–water partition coefficient (Wildman–Crippen LogP) is -6.01. The molecule has 0 aromatic carbocycles. The first-order valence-electron chi connectivity index (χ1n) is 1.10. The van der Waals surface area contributed by atoms with Crippen LogP contribution in [0.15, 0.2) is 0 Å². The van der Waals surface area contributed by atoms with E-state index >= 15 is 0 Å². The first-order valence-corrected chi connectivity index (χ1v) is 1.10. The van der Waals surface area contributed by atoms with Gasteiger partial charge in [-0.1, -0.05) is 0 Å². The van der Waals surface area contributed by atoms with Crippen LogP contribution in [0.1, 0.15) is 0 Å². The van der Waals surface area contributed by atoms with Crippen LogP contribution in [0.25, 0.3) is 0 Å². The van der Waals surface area contributed by atoms with Crippen LogP contribution in [0.2, 0.25) is 0 Å². The largest absolute Gasteiger partial charge is 2.00 e. The Morgan fingerprint density at radius 2 is 0.533 bits per heavy atom. The summed E-state index contributed by atoms with van der Waals surface area (Å²) in [6.45, 7) is 0. The average molecular weight is 302 g/mol. The van der Waals surface area contributed by atoms with Gasteiger partial charge in [0.25, 0.3) is 0 Å². The van der Waals surface area contributed by atoms with Gasteiger partial charge < -0.3 is 63.5 Å². The van der Waals surface area contributed by atoms with Gasteiger partial charge in [-0.2, -0.15) is 0 Å². The second-order valence-corrected chi connectivity index (χ2v) is 0.447. The van der Waals surface area contributed by atoms with E-state index in [1.807, 2.05) is 0 Å². The Balaban J connectivity index is -0.00000000468. The van der Waals surface area contributed by atoms with E-state index in [0.29, 0.717) is 0 Å². The van der Waals surface area contributed by atoms with Crippen LogP contribution in [0.5, 0.6) is 0 Å². The number of hydrogen-bond donors (Lipinski definition) is 0. The molecule has 0 atom stereocenters. The van der Waals surface area contributed by atoms with E-state index in [1.54, 1.807) is 0 Å². The summed E-state index contributed by atoms with van der Waals surface area (Å²) in [5, 5.41) is 29.5. The van der Waals surface area contributed by atoms with E-state index in [4.69, 9.17) is 30.6 Å². The molecule has 0 heterocycles. The quantitative estimate of drug-likeness (QED) is 0.181. The van der Waals surface area contributed by atoms with E-state index in [2.05, 4.69) is 0 Å². The van der Waals surface area contributed by atoms with Crippen molar-refractivity contribution in [1.29, 1.82) is 0 Å². The van der Waals surface area contributed by atoms with Crippen LogP contribution in [0.4, 0.5) is 0 Å². The maximum Gasteiger partial charge on any atom is 2.00 e. The minimum atomic E-state index is -1.75. The van der Waals surface area contributed by atoms with Crippen LogP contribution >= 0.6 is 0 Å². The van der Waals surface area contributed by atoms with Crippen molar-refractivity contribution in [2.45, 2.75) is 0 Å². The van der Waals surface area contributed by atoms with E-state index in [9.17, 15) is 0 Å². The molecule has 15 heteroatoms. The van der Waals surface area contributed by atoms with Gasteiger partial charge in [-0.05, 0) is 0 Å². The Hall–Kier alpha value is -1.32. The smallest absolute Gasteiger partial charge is 0.457 e. The Morgan fingerprint density at radius 3 is 0.533 bits per heavy atom. The van der Waals surface area contributed by atoms with Crippen molar-refractivity contribution in [3.63, 3.8) is 0 Å². The Morgan fingerprint density at radius 1 is 0.533 bits per heavy atom. The van der Waals surface area contributed by atoms with Crippen LogP contribution in [-0.4, -0.2) is 10.2 Å². The van der Waals surface area contributed by atoms with Gasteiger partial charge in [-0.25, -0.2) is 0 Å². The zero-order chi connectivity index (χ0) is 7.15. The van der Waals surface area contributed by atoms with Gasteiger partial charge in [0.2, 0.25) is 0 Å². The van der Waals surface area contributed by atoms with Crippen molar-refractivity contribution in [1.82, 2.24) is 0 Å². The fourth-order valence-corrected chi connectivity index (χ4v) is 0. The van der Waals surface area contributed by atoms with Crippen molar-refractivity contribution in [3.05, 3.63) is 30.6 Å². The van der Waals surface area contributed by atoms with Crippen molar-refractivity contribution >= 4 is 0 Å². The third-order valence-electron chi connectivity index (χ3n) is 0. The molecule has 0 fully saturated rings. The summed E-state index contributed by atoms with van der Waals surface area (Å²) in [5.41, 5.74) is 0. The fourth-order valence-electron chi connectivity index (χ4n) is 0. The van der Waals surface area contributed by atoms with Crippen molar-refractivity contribution < 1.29 is 60.1 Å². The number of nitrogens with zero attached hydrogens (tertiary/aromatic N) is 2. The fraction of sp³-hybridized carbons (Fsp3) is 0. The Labute approximate surface area is 91.7 Å². The normalized spacial score (nSPS) is 3.20. The van der Waals surface area contributed by atoms with Gasteiger partial charge >= 0.3 is 17.1 Å². The molecule has 0 amide bonds. The molecule has 0 saturated heterocycles. The van der Waals surface area contributed by atoms with Crippen LogP contribution < -0.4 is 0 Å². The molecule has 0 spiro atoms. The average Bonchev–Trinajstić information content (AvgIpc) is 1.25. The Bertz CT molecular complexity index is 71.6. The van der Waals surface area contributed by atoms with Gasteiger partial charge in [0, 0.05) is 0 Å². The minimum Gasteiger partial charge on any atom is -0.457 e. The molecule has 0 aliphatic heterocycles. The molecule has 18 N–H and O–H groups in total. The van der Waals surface area contributed by atoms with Crippen molar-refractivity contribution in [2.24, 2.45) is 0 Å². The molecule has 0 aromatic rings. The molecule has 14 nitrogen and oxygen atoms in total. The van der Waals surface area contributed by atoms with Gasteiger partial charge in [0.15, 0.2) is 0 Å². The summed E-state index contributed by atoms with van der Waals surface area (Å²) in [6.07, 6.45) is 0. The summed E-state index contributed by atoms with van der Waals surface area (Å²) < 4.78 is 0. The maximum atomic E-state index is 8.25. The maximum absolute atomic E-state index is 8.25. The molecule has 0 aliphatic carbocycles. The molecule has 105 valence electrons. The summed E-state index contributed by atoms with van der Waals surface area (Å²) in [6, 6.07) is 0. The van der Waals surface area contributed by atoms with Crippen molar-refractivity contribution in [2.75, 3.05) is 0 Å². The minimum absolute atomic E-state index is 0. The molecular formula is H18CuN2O12+6. The number of rotatable bonds is 0. The molecule has 0 bridgehead atoms. The zero-order valence-electron chi connectivity index (χ0n) is 7.11. The molecule has 1 radical (unpaired) electrons. The zero-order valence-corrected chi connectivity index (χ0v) is 8.05. The first-order chi connectivity index (χ1) is 3.46. The van der Waals surface area contributed by atoms with Crippen LogP contribution in [-0.2, 0) is 49.9 Å². The van der Waals surface area contributed by atoms with Crippen LogP contribution in [0, 0.1) is 30.6 Å². The van der Waals surface area contributed by atoms with Gasteiger partial charge in [-0.3, -0.25) is 0 Å². The molecule has 0 aromatic heterocycles. The molecule has 0 unspecified atom stereocenters. The summed E-state index contributed by atoms with van der Waals surface area (Å²) >= 11 is 0. The summed E-state index contributed by atoms with van der Waals surface area (Å²) in [5.74, 6) is 0. The molecule has 0 rings (SSSR count). The summed E-state index contributed by atoms with van der Waals surface area (Å²) in [7, 11) is 0. The van der Waals surface area contributed by atoms with Gasteiger partial charge in [-0.15, -0.1) is 0 Å². The van der Waals surface area contributed by atoms with E-state index in [-0.39, 0.29) is 49.9 Å². The third-order valence-corrected chi connectivity index (χ3v) is 0. The molecular weight excluding hydrogens is 284 g/mol. The Kier molecular flexibility index (Phi) is 529. The molecule has 0 saturated carbocycles. The molecule has 0 aliphatic rings. The topological polar surface area (TPSA) is 330 Å². The van der Waals surface area contributed by atoms with E-state index in [1.165, 1.54) is 0 Å². The SMILES string of the molecule is O=[N+]([O-])[O-].O=[N+]([O-])[O-].[Cu+2].[OH3+].[OH3+].[OH3+].[OH3+].[OH3+].[OH3+]. The van der Waals surface area contributed by atoms with Gasteiger partial charge in [0.1, 0.15) is 0 Å².